The lowest BCUT2D eigenvalue weighted by Crippen LogP contribution is -2.51. The summed E-state index contributed by atoms with van der Waals surface area (Å²) in [5, 5.41) is 0. The second kappa shape index (κ2) is 6.09. The quantitative estimate of drug-likeness (QED) is 0.859. The molecule has 4 nitrogen and oxygen atoms in total. The molecule has 0 spiro atoms. The van der Waals surface area contributed by atoms with Crippen molar-refractivity contribution in [2.24, 2.45) is 0 Å². The van der Waals surface area contributed by atoms with Crippen LogP contribution in [0.4, 0.5) is 13.2 Å². The summed E-state index contributed by atoms with van der Waals surface area (Å²) in [5.74, 6) is -0.268. The molecule has 0 N–H and O–H groups in total. The minimum atomic E-state index is -4.42. The van der Waals surface area contributed by atoms with E-state index in [-0.39, 0.29) is 25.5 Å². The van der Waals surface area contributed by atoms with Crippen molar-refractivity contribution in [2.45, 2.75) is 32.0 Å². The van der Waals surface area contributed by atoms with Crippen LogP contribution in [-0.4, -0.2) is 47.8 Å². The maximum Gasteiger partial charge on any atom is 0.416 e. The summed E-state index contributed by atoms with van der Waals surface area (Å²) in [4.78, 5) is 18.3. The van der Waals surface area contributed by atoms with E-state index in [0.717, 1.165) is 10.6 Å². The van der Waals surface area contributed by atoms with E-state index in [4.69, 9.17) is 0 Å². The summed E-state index contributed by atoms with van der Waals surface area (Å²) >= 11 is 1.46. The van der Waals surface area contributed by atoms with Crippen LogP contribution in [0.3, 0.4) is 0 Å². The molecule has 0 unspecified atom stereocenters. The van der Waals surface area contributed by atoms with E-state index >= 15 is 0 Å². The van der Waals surface area contributed by atoms with Crippen LogP contribution in [0.2, 0.25) is 0 Å². The van der Waals surface area contributed by atoms with Gasteiger partial charge in [-0.25, -0.2) is 4.98 Å². The molecule has 1 saturated heterocycles. The van der Waals surface area contributed by atoms with Gasteiger partial charge >= 0.3 is 6.18 Å². The van der Waals surface area contributed by atoms with Gasteiger partial charge in [0.2, 0.25) is 5.91 Å². The third-order valence-corrected chi connectivity index (χ3v) is 4.19. The molecular weight excluding hydrogens is 293 g/mol. The number of aromatic nitrogens is 1. The molecular formula is C12H15F3N2O2S. The molecule has 112 valence electrons. The fraction of sp³-hybridized carbons (Fsp3) is 0.667. The van der Waals surface area contributed by atoms with Gasteiger partial charge in [-0.15, -0.1) is 11.3 Å². The van der Waals surface area contributed by atoms with Crippen molar-refractivity contribution in [1.29, 1.82) is 0 Å². The van der Waals surface area contributed by atoms with Gasteiger partial charge in [0.25, 0.3) is 0 Å². The Labute approximate surface area is 118 Å². The van der Waals surface area contributed by atoms with E-state index in [1.165, 1.54) is 16.2 Å². The number of rotatable bonds is 3. The standard InChI is InChI=1S/C12H15F3N2O2S/c1-8-9(20-7-16-8)2-3-11(18)17-4-5-19-10(6-17)12(13,14)15/h7,10H,2-6H2,1H3/t10-/m0/s1. The molecule has 2 rings (SSSR count). The lowest BCUT2D eigenvalue weighted by molar-refractivity contribution is -0.236. The Bertz CT molecular complexity index is 476. The zero-order valence-electron chi connectivity index (χ0n) is 10.9. The van der Waals surface area contributed by atoms with E-state index in [1.54, 1.807) is 5.51 Å². The van der Waals surface area contributed by atoms with Crippen LogP contribution in [0.5, 0.6) is 0 Å². The van der Waals surface area contributed by atoms with Gasteiger partial charge in [0.1, 0.15) is 0 Å². The van der Waals surface area contributed by atoms with Crippen molar-refractivity contribution in [3.63, 3.8) is 0 Å². The molecule has 2 heterocycles. The lowest BCUT2D eigenvalue weighted by Gasteiger charge is -2.33. The smallest absolute Gasteiger partial charge is 0.365 e. The molecule has 1 aromatic rings. The Morgan fingerprint density at radius 1 is 1.60 bits per heavy atom. The highest BCUT2D eigenvalue weighted by Gasteiger charge is 2.44. The monoisotopic (exact) mass is 308 g/mol. The number of carbonyl (C=O) groups excluding carboxylic acids is 1. The fourth-order valence-corrected chi connectivity index (χ4v) is 2.80. The SMILES string of the molecule is Cc1ncsc1CCC(=O)N1CCO[C@H](C(F)(F)F)C1. The van der Waals surface area contributed by atoms with Crippen LogP contribution in [0, 0.1) is 6.92 Å². The van der Waals surface area contributed by atoms with E-state index < -0.39 is 18.8 Å². The number of thiazole rings is 1. The first-order valence-corrected chi connectivity index (χ1v) is 7.11. The van der Waals surface area contributed by atoms with Crippen molar-refractivity contribution in [2.75, 3.05) is 19.7 Å². The van der Waals surface area contributed by atoms with Crippen LogP contribution in [0.1, 0.15) is 17.0 Å². The maximum absolute atomic E-state index is 12.6. The lowest BCUT2D eigenvalue weighted by atomic mass is 10.2. The van der Waals surface area contributed by atoms with Crippen molar-refractivity contribution < 1.29 is 22.7 Å². The number of ether oxygens (including phenoxy) is 1. The van der Waals surface area contributed by atoms with Crippen LogP contribution < -0.4 is 0 Å². The number of hydrogen-bond donors (Lipinski definition) is 0. The highest BCUT2D eigenvalue weighted by molar-refractivity contribution is 7.09. The molecule has 8 heteroatoms. The Morgan fingerprint density at radius 3 is 2.95 bits per heavy atom. The zero-order chi connectivity index (χ0) is 14.8. The summed E-state index contributed by atoms with van der Waals surface area (Å²) in [5.41, 5.74) is 2.57. The molecule has 1 atom stereocenters. The number of morpholine rings is 1. The van der Waals surface area contributed by atoms with Gasteiger partial charge < -0.3 is 9.64 Å². The second-order valence-corrected chi connectivity index (χ2v) is 5.54. The Kier molecular flexibility index (Phi) is 4.64. The fourth-order valence-electron chi connectivity index (χ4n) is 2.02. The molecule has 1 aromatic heterocycles. The van der Waals surface area contributed by atoms with Crippen LogP contribution in [0.15, 0.2) is 5.51 Å². The Hall–Kier alpha value is -1.15. The highest BCUT2D eigenvalue weighted by atomic mass is 32.1. The number of amides is 1. The summed E-state index contributed by atoms with van der Waals surface area (Å²) < 4.78 is 42.4. The van der Waals surface area contributed by atoms with Gasteiger partial charge in [-0.3, -0.25) is 4.79 Å². The average molecular weight is 308 g/mol. The average Bonchev–Trinajstić information content (AvgIpc) is 2.81. The summed E-state index contributed by atoms with van der Waals surface area (Å²) in [7, 11) is 0. The van der Waals surface area contributed by atoms with Gasteiger partial charge in [-0.05, 0) is 13.3 Å². The van der Waals surface area contributed by atoms with E-state index in [0.29, 0.717) is 6.42 Å². The third-order valence-electron chi connectivity index (χ3n) is 3.20. The number of halogens is 3. The van der Waals surface area contributed by atoms with Gasteiger partial charge in [0.15, 0.2) is 6.10 Å². The molecule has 0 aliphatic carbocycles. The van der Waals surface area contributed by atoms with E-state index in [9.17, 15) is 18.0 Å². The summed E-state index contributed by atoms with van der Waals surface area (Å²) in [6.45, 7) is 1.58. The minimum absolute atomic E-state index is 0.0739. The molecule has 0 bridgehead atoms. The molecule has 1 aliphatic heterocycles. The van der Waals surface area contributed by atoms with Crippen molar-refractivity contribution in [3.8, 4) is 0 Å². The van der Waals surface area contributed by atoms with E-state index in [1.807, 2.05) is 6.92 Å². The first-order valence-electron chi connectivity index (χ1n) is 6.23. The second-order valence-electron chi connectivity index (χ2n) is 4.60. The van der Waals surface area contributed by atoms with Gasteiger partial charge in [0, 0.05) is 17.8 Å². The van der Waals surface area contributed by atoms with E-state index in [2.05, 4.69) is 9.72 Å². The first-order chi connectivity index (χ1) is 9.38. The van der Waals surface area contributed by atoms with Gasteiger partial charge in [-0.1, -0.05) is 0 Å². The Balaban J connectivity index is 1.88. The first kappa shape index (κ1) is 15.2. The summed E-state index contributed by atoms with van der Waals surface area (Å²) in [6.07, 6.45) is -5.57. The van der Waals surface area contributed by atoms with Crippen LogP contribution in [-0.2, 0) is 16.0 Å². The van der Waals surface area contributed by atoms with Crippen LogP contribution in [0.25, 0.3) is 0 Å². The largest absolute Gasteiger partial charge is 0.416 e. The molecule has 1 amide bonds. The van der Waals surface area contributed by atoms with Crippen molar-refractivity contribution in [1.82, 2.24) is 9.88 Å². The van der Waals surface area contributed by atoms with Crippen molar-refractivity contribution >= 4 is 17.2 Å². The molecule has 0 radical (unpaired) electrons. The topological polar surface area (TPSA) is 42.4 Å². The Morgan fingerprint density at radius 2 is 2.35 bits per heavy atom. The van der Waals surface area contributed by atoms with Gasteiger partial charge in [0.05, 0.1) is 24.4 Å². The molecule has 1 aliphatic rings. The molecule has 1 fully saturated rings. The number of carbonyl (C=O) groups is 1. The normalized spacial score (nSPS) is 20.2. The predicted molar refractivity (Wildman–Crippen MR) is 67.5 cm³/mol. The molecule has 20 heavy (non-hydrogen) atoms. The number of hydrogen-bond acceptors (Lipinski definition) is 4. The summed E-state index contributed by atoms with van der Waals surface area (Å²) in [6, 6.07) is 0. The molecule has 0 saturated carbocycles. The van der Waals surface area contributed by atoms with Crippen LogP contribution >= 0.6 is 11.3 Å². The predicted octanol–water partition coefficient (Wildman–Crippen LogP) is 2.17. The van der Waals surface area contributed by atoms with Gasteiger partial charge in [-0.2, -0.15) is 13.2 Å². The number of alkyl halides is 3. The third kappa shape index (κ3) is 3.69. The maximum atomic E-state index is 12.6. The molecule has 0 aromatic carbocycles. The number of nitrogens with zero attached hydrogens (tertiary/aromatic N) is 2. The van der Waals surface area contributed by atoms with Crippen molar-refractivity contribution in [3.05, 3.63) is 16.1 Å². The minimum Gasteiger partial charge on any atom is -0.365 e. The highest BCUT2D eigenvalue weighted by Crippen LogP contribution is 2.26. The zero-order valence-corrected chi connectivity index (χ0v) is 11.8. The number of aryl methyl sites for hydroxylation is 2.